The lowest BCUT2D eigenvalue weighted by atomic mass is 9.90. The molecule has 3 aliphatic rings. The summed E-state index contributed by atoms with van der Waals surface area (Å²) >= 11 is 0. The Kier molecular flexibility index (Phi) is 4.61. The molecule has 0 aromatic heterocycles. The van der Waals surface area contributed by atoms with E-state index in [1.165, 1.54) is 45.1 Å². The fourth-order valence-electron chi connectivity index (χ4n) is 4.08. The Morgan fingerprint density at radius 2 is 2.10 bits per heavy atom. The second kappa shape index (κ2) is 6.44. The van der Waals surface area contributed by atoms with Crippen LogP contribution in [0.15, 0.2) is 0 Å². The zero-order valence-corrected chi connectivity index (χ0v) is 12.8. The Hall–Kier alpha value is -0.610. The summed E-state index contributed by atoms with van der Waals surface area (Å²) in [5.74, 6) is 1.13. The van der Waals surface area contributed by atoms with Gasteiger partial charge in [-0.25, -0.2) is 0 Å². The first-order valence-electron chi connectivity index (χ1n) is 8.54. The number of amides is 1. The van der Waals surface area contributed by atoms with Gasteiger partial charge < -0.3 is 10.2 Å². The molecule has 20 heavy (non-hydrogen) atoms. The third kappa shape index (κ3) is 3.17. The molecule has 2 atom stereocenters. The lowest BCUT2D eigenvalue weighted by molar-refractivity contribution is -0.133. The van der Waals surface area contributed by atoms with Crippen molar-refractivity contribution in [1.29, 1.82) is 0 Å². The normalized spacial score (nSPS) is 31.4. The minimum absolute atomic E-state index is 0.366. The van der Waals surface area contributed by atoms with Crippen molar-refractivity contribution in [3.8, 4) is 0 Å². The average molecular weight is 279 g/mol. The van der Waals surface area contributed by atoms with E-state index in [0.717, 1.165) is 25.6 Å². The first-order chi connectivity index (χ1) is 9.79. The lowest BCUT2D eigenvalue weighted by Gasteiger charge is -2.35. The van der Waals surface area contributed by atoms with Crippen molar-refractivity contribution in [3.63, 3.8) is 0 Å². The third-order valence-corrected chi connectivity index (χ3v) is 5.28. The number of likely N-dealkylation sites (tertiary alicyclic amines) is 1. The van der Waals surface area contributed by atoms with E-state index in [0.29, 0.717) is 24.5 Å². The second-order valence-corrected chi connectivity index (χ2v) is 6.70. The summed E-state index contributed by atoms with van der Waals surface area (Å²) in [7, 11) is 0. The van der Waals surface area contributed by atoms with Crippen molar-refractivity contribution < 1.29 is 4.79 Å². The minimum Gasteiger partial charge on any atom is -0.339 e. The van der Waals surface area contributed by atoms with Crippen molar-refractivity contribution in [3.05, 3.63) is 0 Å². The Balaban J connectivity index is 1.56. The first kappa shape index (κ1) is 14.3. The molecule has 1 amide bonds. The summed E-state index contributed by atoms with van der Waals surface area (Å²) < 4.78 is 0. The van der Waals surface area contributed by atoms with Gasteiger partial charge in [0.15, 0.2) is 0 Å². The first-order valence-corrected chi connectivity index (χ1v) is 8.54. The average Bonchev–Trinajstić information content (AvgIpc) is 3.19. The number of piperidine rings is 1. The van der Waals surface area contributed by atoms with Crippen LogP contribution < -0.4 is 5.32 Å². The molecule has 114 valence electrons. The lowest BCUT2D eigenvalue weighted by Crippen LogP contribution is -2.47. The van der Waals surface area contributed by atoms with E-state index in [1.807, 2.05) is 0 Å². The fraction of sp³-hybridized carbons (Fsp3) is 0.938. The van der Waals surface area contributed by atoms with Crippen LogP contribution in [0.5, 0.6) is 0 Å². The fourth-order valence-corrected chi connectivity index (χ4v) is 4.08. The van der Waals surface area contributed by atoms with Gasteiger partial charge in [-0.3, -0.25) is 9.69 Å². The number of hydrogen-bond donors (Lipinski definition) is 1. The van der Waals surface area contributed by atoms with E-state index in [4.69, 9.17) is 0 Å². The van der Waals surface area contributed by atoms with Gasteiger partial charge in [0, 0.05) is 18.6 Å². The molecule has 0 radical (unpaired) electrons. The van der Waals surface area contributed by atoms with Crippen LogP contribution in [-0.4, -0.2) is 60.5 Å². The van der Waals surface area contributed by atoms with E-state index in [-0.39, 0.29) is 0 Å². The van der Waals surface area contributed by atoms with Crippen LogP contribution in [0.2, 0.25) is 0 Å². The molecule has 3 fully saturated rings. The van der Waals surface area contributed by atoms with Gasteiger partial charge in [-0.05, 0) is 71.0 Å². The van der Waals surface area contributed by atoms with Gasteiger partial charge in [0.2, 0.25) is 5.91 Å². The van der Waals surface area contributed by atoms with Gasteiger partial charge in [0.05, 0.1) is 6.54 Å². The molecule has 0 aromatic rings. The summed E-state index contributed by atoms with van der Waals surface area (Å²) in [6.45, 7) is 7.10. The standard InChI is InChI=1S/C16H29N3O/c1-2-19(14-7-8-14)16(20)12-18-10-4-6-15(18)13-5-3-9-17-11-13/h13-15,17H,2-12H2,1H3. The molecule has 0 spiro atoms. The second-order valence-electron chi connectivity index (χ2n) is 6.70. The quantitative estimate of drug-likeness (QED) is 0.827. The molecule has 2 heterocycles. The Bertz CT molecular complexity index is 337. The predicted molar refractivity (Wildman–Crippen MR) is 80.6 cm³/mol. The van der Waals surface area contributed by atoms with Gasteiger partial charge in [0.25, 0.3) is 0 Å². The van der Waals surface area contributed by atoms with Crippen LogP contribution in [0, 0.1) is 5.92 Å². The predicted octanol–water partition coefficient (Wildman–Crippen LogP) is 1.46. The Morgan fingerprint density at radius 1 is 1.25 bits per heavy atom. The number of carbonyl (C=O) groups is 1. The maximum absolute atomic E-state index is 12.5. The monoisotopic (exact) mass is 279 g/mol. The molecule has 2 saturated heterocycles. The van der Waals surface area contributed by atoms with Crippen molar-refractivity contribution in [2.24, 2.45) is 5.92 Å². The van der Waals surface area contributed by atoms with Crippen molar-refractivity contribution in [2.75, 3.05) is 32.7 Å². The molecule has 0 bridgehead atoms. The molecule has 2 aliphatic heterocycles. The zero-order valence-electron chi connectivity index (χ0n) is 12.8. The van der Waals surface area contributed by atoms with Crippen molar-refractivity contribution in [1.82, 2.24) is 15.1 Å². The van der Waals surface area contributed by atoms with Crippen LogP contribution in [0.4, 0.5) is 0 Å². The van der Waals surface area contributed by atoms with Gasteiger partial charge in [-0.1, -0.05) is 0 Å². The molecular formula is C16H29N3O. The van der Waals surface area contributed by atoms with Gasteiger partial charge >= 0.3 is 0 Å². The minimum atomic E-state index is 0.366. The van der Waals surface area contributed by atoms with Crippen molar-refractivity contribution >= 4 is 5.91 Å². The van der Waals surface area contributed by atoms with E-state index in [2.05, 4.69) is 22.0 Å². The van der Waals surface area contributed by atoms with E-state index < -0.39 is 0 Å². The SMILES string of the molecule is CCN(C(=O)CN1CCCC1C1CCCNC1)C1CC1. The van der Waals surface area contributed by atoms with Crippen LogP contribution in [-0.2, 0) is 4.79 Å². The summed E-state index contributed by atoms with van der Waals surface area (Å²) in [6, 6.07) is 1.20. The molecule has 1 aliphatic carbocycles. The van der Waals surface area contributed by atoms with Gasteiger partial charge in [-0.15, -0.1) is 0 Å². The highest BCUT2D eigenvalue weighted by Gasteiger charge is 2.36. The number of hydrogen-bond acceptors (Lipinski definition) is 3. The highest BCUT2D eigenvalue weighted by Crippen LogP contribution is 2.30. The molecule has 2 unspecified atom stereocenters. The third-order valence-electron chi connectivity index (χ3n) is 5.28. The van der Waals surface area contributed by atoms with Gasteiger partial charge in [-0.2, -0.15) is 0 Å². The molecule has 1 saturated carbocycles. The molecule has 3 rings (SSSR count). The van der Waals surface area contributed by atoms with Gasteiger partial charge in [0.1, 0.15) is 0 Å². The Morgan fingerprint density at radius 3 is 2.75 bits per heavy atom. The summed E-state index contributed by atoms with van der Waals surface area (Å²) in [5.41, 5.74) is 0. The molecule has 0 aromatic carbocycles. The maximum atomic E-state index is 12.5. The molecule has 4 nitrogen and oxygen atoms in total. The zero-order chi connectivity index (χ0) is 13.9. The van der Waals surface area contributed by atoms with Crippen molar-refractivity contribution in [2.45, 2.75) is 57.5 Å². The maximum Gasteiger partial charge on any atom is 0.236 e. The number of nitrogens with zero attached hydrogens (tertiary/aromatic N) is 2. The Labute approximate surface area is 122 Å². The van der Waals surface area contributed by atoms with E-state index in [9.17, 15) is 4.79 Å². The summed E-state index contributed by atoms with van der Waals surface area (Å²) in [6.07, 6.45) is 7.62. The van der Waals surface area contributed by atoms with Crippen LogP contribution >= 0.6 is 0 Å². The summed E-state index contributed by atoms with van der Waals surface area (Å²) in [4.78, 5) is 17.1. The highest BCUT2D eigenvalue weighted by atomic mass is 16.2. The molecular weight excluding hydrogens is 250 g/mol. The van der Waals surface area contributed by atoms with E-state index in [1.54, 1.807) is 0 Å². The molecule has 4 heteroatoms. The topological polar surface area (TPSA) is 35.6 Å². The van der Waals surface area contributed by atoms with E-state index >= 15 is 0 Å². The summed E-state index contributed by atoms with van der Waals surface area (Å²) in [5, 5.41) is 3.53. The number of rotatable bonds is 5. The largest absolute Gasteiger partial charge is 0.339 e. The van der Waals surface area contributed by atoms with Crippen LogP contribution in [0.1, 0.15) is 45.4 Å². The number of nitrogens with one attached hydrogen (secondary N) is 1. The van der Waals surface area contributed by atoms with Crippen LogP contribution in [0.25, 0.3) is 0 Å². The highest BCUT2D eigenvalue weighted by molar-refractivity contribution is 5.79. The number of likely N-dealkylation sites (N-methyl/N-ethyl adjacent to an activating group) is 1. The van der Waals surface area contributed by atoms with Crippen LogP contribution in [0.3, 0.4) is 0 Å². The smallest absolute Gasteiger partial charge is 0.236 e. The number of carbonyl (C=O) groups excluding carboxylic acids is 1. The molecule has 1 N–H and O–H groups in total.